The molecule has 1 N–H and O–H groups in total. The lowest BCUT2D eigenvalue weighted by molar-refractivity contribution is 0.654. The summed E-state index contributed by atoms with van der Waals surface area (Å²) in [6.45, 7) is 11.2. The first-order chi connectivity index (χ1) is 9.11. The maximum atomic E-state index is 4.65. The number of thiazole rings is 1. The third-order valence-corrected chi connectivity index (χ3v) is 4.13. The quantitative estimate of drug-likeness (QED) is 0.826. The minimum atomic E-state index is 0.825. The Labute approximate surface area is 118 Å². The average molecular weight is 278 g/mol. The fourth-order valence-electron chi connectivity index (χ4n) is 2.16. The SMILES string of the molecule is CCCNCc1c(C)nn(Cc2cnc(C)s2)c1C. The molecule has 0 unspecified atom stereocenters. The van der Waals surface area contributed by atoms with Crippen molar-refractivity contribution in [2.24, 2.45) is 0 Å². The molecular formula is C14H22N4S. The Morgan fingerprint density at radius 3 is 2.74 bits per heavy atom. The molecule has 0 aliphatic carbocycles. The molecule has 0 fully saturated rings. The predicted octanol–water partition coefficient (Wildman–Crippen LogP) is 2.81. The largest absolute Gasteiger partial charge is 0.313 e. The fourth-order valence-corrected chi connectivity index (χ4v) is 2.94. The van der Waals surface area contributed by atoms with E-state index >= 15 is 0 Å². The fraction of sp³-hybridized carbons (Fsp3) is 0.571. The van der Waals surface area contributed by atoms with Crippen LogP contribution < -0.4 is 5.32 Å². The molecule has 104 valence electrons. The summed E-state index contributed by atoms with van der Waals surface area (Å²) in [5, 5.41) is 9.21. The number of rotatable bonds is 6. The van der Waals surface area contributed by atoms with Gasteiger partial charge in [-0.3, -0.25) is 4.68 Å². The number of nitrogens with one attached hydrogen (secondary N) is 1. The van der Waals surface area contributed by atoms with Gasteiger partial charge in [0.1, 0.15) is 0 Å². The van der Waals surface area contributed by atoms with E-state index in [1.54, 1.807) is 11.3 Å². The van der Waals surface area contributed by atoms with E-state index in [0.29, 0.717) is 0 Å². The van der Waals surface area contributed by atoms with E-state index in [1.165, 1.54) is 16.1 Å². The van der Waals surface area contributed by atoms with E-state index in [-0.39, 0.29) is 0 Å². The second-order valence-corrected chi connectivity index (χ2v) is 6.15. The van der Waals surface area contributed by atoms with Gasteiger partial charge in [0.25, 0.3) is 0 Å². The summed E-state index contributed by atoms with van der Waals surface area (Å²) in [4.78, 5) is 5.56. The van der Waals surface area contributed by atoms with Gasteiger partial charge in [0, 0.05) is 28.9 Å². The van der Waals surface area contributed by atoms with E-state index in [9.17, 15) is 0 Å². The third-order valence-electron chi connectivity index (χ3n) is 3.23. The van der Waals surface area contributed by atoms with Gasteiger partial charge in [0.2, 0.25) is 0 Å². The maximum absolute atomic E-state index is 4.65. The lowest BCUT2D eigenvalue weighted by atomic mass is 10.2. The standard InChI is InChI=1S/C14H22N4S/c1-5-6-15-8-14-10(2)17-18(11(14)3)9-13-7-16-12(4)19-13/h7,15H,5-6,8-9H2,1-4H3. The third kappa shape index (κ3) is 3.42. The van der Waals surface area contributed by atoms with E-state index in [4.69, 9.17) is 0 Å². The molecule has 0 aromatic carbocycles. The minimum absolute atomic E-state index is 0.825. The zero-order chi connectivity index (χ0) is 13.8. The highest BCUT2D eigenvalue weighted by molar-refractivity contribution is 7.11. The monoisotopic (exact) mass is 278 g/mol. The molecule has 4 nitrogen and oxygen atoms in total. The maximum Gasteiger partial charge on any atom is 0.0897 e. The molecule has 2 aromatic rings. The molecule has 2 rings (SSSR count). The van der Waals surface area contributed by atoms with Crippen LogP contribution in [0.1, 0.15) is 40.2 Å². The van der Waals surface area contributed by atoms with Crippen LogP contribution in [-0.2, 0) is 13.1 Å². The highest BCUT2D eigenvalue weighted by Gasteiger charge is 2.12. The highest BCUT2D eigenvalue weighted by Crippen LogP contribution is 2.17. The van der Waals surface area contributed by atoms with Crippen molar-refractivity contribution in [1.29, 1.82) is 0 Å². The smallest absolute Gasteiger partial charge is 0.0897 e. The number of aryl methyl sites for hydroxylation is 2. The van der Waals surface area contributed by atoms with Gasteiger partial charge in [0.15, 0.2) is 0 Å². The van der Waals surface area contributed by atoms with Gasteiger partial charge >= 0.3 is 0 Å². The van der Waals surface area contributed by atoms with Crippen LogP contribution in [0.3, 0.4) is 0 Å². The second-order valence-electron chi connectivity index (χ2n) is 4.83. The summed E-state index contributed by atoms with van der Waals surface area (Å²) < 4.78 is 2.09. The molecule has 0 spiro atoms. The Kier molecular flexibility index (Phi) is 4.71. The summed E-state index contributed by atoms with van der Waals surface area (Å²) >= 11 is 1.74. The lowest BCUT2D eigenvalue weighted by Crippen LogP contribution is -2.15. The van der Waals surface area contributed by atoms with Crippen molar-refractivity contribution in [3.8, 4) is 0 Å². The summed E-state index contributed by atoms with van der Waals surface area (Å²) in [5.74, 6) is 0. The first-order valence-corrected chi connectivity index (χ1v) is 7.58. The Morgan fingerprint density at radius 2 is 2.11 bits per heavy atom. The molecule has 0 saturated carbocycles. The summed E-state index contributed by atoms with van der Waals surface area (Å²) in [7, 11) is 0. The van der Waals surface area contributed by atoms with Crippen LogP contribution in [-0.4, -0.2) is 21.3 Å². The van der Waals surface area contributed by atoms with Crippen molar-refractivity contribution < 1.29 is 0 Å². The molecular weight excluding hydrogens is 256 g/mol. The van der Waals surface area contributed by atoms with Crippen molar-refractivity contribution >= 4 is 11.3 Å². The van der Waals surface area contributed by atoms with E-state index in [0.717, 1.165) is 36.8 Å². The Bertz CT molecular complexity index is 542. The Hall–Kier alpha value is -1.20. The van der Waals surface area contributed by atoms with Gasteiger partial charge in [-0.2, -0.15) is 5.10 Å². The number of aromatic nitrogens is 3. The van der Waals surface area contributed by atoms with Crippen LogP contribution >= 0.6 is 11.3 Å². The van der Waals surface area contributed by atoms with Crippen LogP contribution in [0.15, 0.2) is 6.20 Å². The van der Waals surface area contributed by atoms with Crippen LogP contribution in [0, 0.1) is 20.8 Å². The van der Waals surface area contributed by atoms with Crippen LogP contribution in [0.5, 0.6) is 0 Å². The average Bonchev–Trinajstić information content (AvgIpc) is 2.88. The molecule has 0 aliphatic heterocycles. The molecule has 2 aromatic heterocycles. The van der Waals surface area contributed by atoms with Crippen molar-refractivity contribution in [3.05, 3.63) is 33.0 Å². The van der Waals surface area contributed by atoms with Crippen LogP contribution in [0.4, 0.5) is 0 Å². The number of hydrogen-bond donors (Lipinski definition) is 1. The number of nitrogens with zero attached hydrogens (tertiary/aromatic N) is 3. The zero-order valence-corrected chi connectivity index (χ0v) is 13.0. The topological polar surface area (TPSA) is 42.7 Å². The predicted molar refractivity (Wildman–Crippen MR) is 79.7 cm³/mol. The summed E-state index contributed by atoms with van der Waals surface area (Å²) in [6.07, 6.45) is 3.11. The van der Waals surface area contributed by atoms with Gasteiger partial charge in [0.05, 0.1) is 17.2 Å². The summed E-state index contributed by atoms with van der Waals surface area (Å²) in [6, 6.07) is 0. The Balaban J connectivity index is 2.11. The Morgan fingerprint density at radius 1 is 1.32 bits per heavy atom. The van der Waals surface area contributed by atoms with E-state index in [1.807, 2.05) is 13.1 Å². The van der Waals surface area contributed by atoms with Gasteiger partial charge < -0.3 is 5.32 Å². The number of hydrogen-bond acceptors (Lipinski definition) is 4. The summed E-state index contributed by atoms with van der Waals surface area (Å²) in [5.41, 5.74) is 3.71. The zero-order valence-electron chi connectivity index (χ0n) is 12.2. The van der Waals surface area contributed by atoms with E-state index < -0.39 is 0 Å². The first kappa shape index (κ1) is 14.2. The molecule has 5 heteroatoms. The molecule has 2 heterocycles. The first-order valence-electron chi connectivity index (χ1n) is 6.76. The lowest BCUT2D eigenvalue weighted by Gasteiger charge is -2.05. The molecule has 19 heavy (non-hydrogen) atoms. The van der Waals surface area contributed by atoms with Crippen LogP contribution in [0.25, 0.3) is 0 Å². The van der Waals surface area contributed by atoms with Gasteiger partial charge in [-0.1, -0.05) is 6.92 Å². The van der Waals surface area contributed by atoms with Crippen molar-refractivity contribution in [2.45, 2.75) is 47.2 Å². The van der Waals surface area contributed by atoms with Crippen molar-refractivity contribution in [2.75, 3.05) is 6.54 Å². The molecule has 0 aliphatic rings. The normalized spacial score (nSPS) is 11.2. The van der Waals surface area contributed by atoms with Gasteiger partial charge in [-0.05, 0) is 33.7 Å². The highest BCUT2D eigenvalue weighted by atomic mass is 32.1. The minimum Gasteiger partial charge on any atom is -0.313 e. The van der Waals surface area contributed by atoms with Crippen molar-refractivity contribution in [3.63, 3.8) is 0 Å². The molecule has 0 radical (unpaired) electrons. The molecule has 0 amide bonds. The molecule has 0 bridgehead atoms. The van der Waals surface area contributed by atoms with Gasteiger partial charge in [-0.15, -0.1) is 11.3 Å². The van der Waals surface area contributed by atoms with E-state index in [2.05, 4.69) is 40.9 Å². The molecule has 0 atom stereocenters. The van der Waals surface area contributed by atoms with Crippen molar-refractivity contribution in [1.82, 2.24) is 20.1 Å². The second kappa shape index (κ2) is 6.30. The molecule has 0 saturated heterocycles. The van der Waals surface area contributed by atoms with Crippen LogP contribution in [0.2, 0.25) is 0 Å². The van der Waals surface area contributed by atoms with Gasteiger partial charge in [-0.25, -0.2) is 4.98 Å².